The van der Waals surface area contributed by atoms with Gasteiger partial charge in [-0.3, -0.25) is 0 Å². The van der Waals surface area contributed by atoms with Crippen molar-refractivity contribution in [1.82, 2.24) is 0 Å². The Kier molecular flexibility index (Phi) is 13.1. The molecule has 0 bridgehead atoms. The molecule has 0 unspecified atom stereocenters. The highest BCUT2D eigenvalue weighted by Gasteiger charge is 2.53. The van der Waals surface area contributed by atoms with Gasteiger partial charge in [0.2, 0.25) is 0 Å². The highest BCUT2D eigenvalue weighted by molar-refractivity contribution is 6.20. The summed E-state index contributed by atoms with van der Waals surface area (Å²) in [5.74, 6) is 1.72. The van der Waals surface area contributed by atoms with Crippen LogP contribution in [0.1, 0.15) is 82.3 Å². The fourth-order valence-corrected chi connectivity index (χ4v) is 14.3. The minimum Gasteiger partial charge on any atom is -0.457 e. The molecule has 0 atom stereocenters. The summed E-state index contributed by atoms with van der Waals surface area (Å²) in [6.45, 7) is 13.7. The SMILES string of the molecule is C.CC(C)(C)c1ccc(N(c2ccc(-c3ccc4ccccc4c3)cc2)c2ccc3c(c2)C2(c4ccccc4Oc4ccccc42)c2c-3c3ccccc3c3cc(N(c4ccc(-c5ccc6ccccc6c5)cc4)c4ccc(C(C)(C)C)cc4)ccc23)cc1. The lowest BCUT2D eigenvalue weighted by atomic mass is 9.65. The Hall–Kier alpha value is -10.5. The second-order valence-corrected chi connectivity index (χ2v) is 26.1. The summed E-state index contributed by atoms with van der Waals surface area (Å²) in [6.07, 6.45) is 0. The molecule has 430 valence electrons. The second kappa shape index (κ2) is 21.1. The zero-order valence-corrected chi connectivity index (χ0v) is 50.5. The molecule has 3 nitrogen and oxygen atoms in total. The highest BCUT2D eigenvalue weighted by atomic mass is 16.5. The molecule has 1 heterocycles. The smallest absolute Gasteiger partial charge is 0.132 e. The Labute approximate surface area is 523 Å². The molecule has 14 aromatic carbocycles. The molecule has 2 aliphatic rings. The molecule has 14 aromatic rings. The fraction of sp³-hybridized carbons (Fsp3) is 0.116. The first-order chi connectivity index (χ1) is 42.9. The zero-order chi connectivity index (χ0) is 59.5. The Morgan fingerprint density at radius 2 is 0.685 bits per heavy atom. The van der Waals surface area contributed by atoms with Crippen molar-refractivity contribution >= 4 is 77.2 Å². The molecule has 1 aliphatic carbocycles. The summed E-state index contributed by atoms with van der Waals surface area (Å²) < 4.78 is 7.04. The first kappa shape index (κ1) is 55.1. The molecule has 0 saturated heterocycles. The van der Waals surface area contributed by atoms with E-state index >= 15 is 0 Å². The third kappa shape index (κ3) is 9.09. The van der Waals surface area contributed by atoms with E-state index in [1.54, 1.807) is 0 Å². The Balaban J connectivity index is 0.00000663. The highest BCUT2D eigenvalue weighted by Crippen LogP contribution is 2.66. The maximum Gasteiger partial charge on any atom is 0.132 e. The van der Waals surface area contributed by atoms with Crippen molar-refractivity contribution < 1.29 is 4.74 Å². The van der Waals surface area contributed by atoms with Crippen LogP contribution in [0.25, 0.3) is 76.5 Å². The number of hydrogen-bond acceptors (Lipinski definition) is 3. The average Bonchev–Trinajstić information content (AvgIpc) is 1.53. The lowest BCUT2D eigenvalue weighted by molar-refractivity contribution is 0.437. The Bertz CT molecular complexity index is 5020. The van der Waals surface area contributed by atoms with Crippen molar-refractivity contribution in [2.24, 2.45) is 0 Å². The first-order valence-corrected chi connectivity index (χ1v) is 30.9. The van der Waals surface area contributed by atoms with E-state index < -0.39 is 5.41 Å². The van der Waals surface area contributed by atoms with Gasteiger partial charge in [-0.25, -0.2) is 0 Å². The van der Waals surface area contributed by atoms with Crippen LogP contribution in [-0.2, 0) is 16.2 Å². The number of para-hydroxylation sites is 2. The van der Waals surface area contributed by atoms with Crippen LogP contribution in [0.5, 0.6) is 11.5 Å². The number of hydrogen-bond donors (Lipinski definition) is 0. The van der Waals surface area contributed by atoms with Gasteiger partial charge < -0.3 is 14.5 Å². The third-order valence-corrected chi connectivity index (χ3v) is 18.8. The van der Waals surface area contributed by atoms with E-state index in [-0.39, 0.29) is 18.3 Å². The van der Waals surface area contributed by atoms with E-state index in [2.05, 4.69) is 343 Å². The van der Waals surface area contributed by atoms with Crippen LogP contribution in [0.3, 0.4) is 0 Å². The van der Waals surface area contributed by atoms with E-state index in [4.69, 9.17) is 4.74 Å². The third-order valence-electron chi connectivity index (χ3n) is 18.8. The van der Waals surface area contributed by atoms with E-state index in [1.165, 1.54) is 98.7 Å². The van der Waals surface area contributed by atoms with Gasteiger partial charge in [-0.1, -0.05) is 243 Å². The van der Waals surface area contributed by atoms with E-state index in [0.29, 0.717) is 0 Å². The van der Waals surface area contributed by atoms with E-state index in [0.717, 1.165) is 56.8 Å². The first-order valence-electron chi connectivity index (χ1n) is 30.9. The number of ether oxygens (including phenoxy) is 1. The molecular formula is C86H70N2O. The predicted molar refractivity (Wildman–Crippen MR) is 378 cm³/mol. The van der Waals surface area contributed by atoms with Gasteiger partial charge in [-0.2, -0.15) is 0 Å². The minimum absolute atomic E-state index is 0. The van der Waals surface area contributed by atoms with Crippen molar-refractivity contribution in [1.29, 1.82) is 0 Å². The quantitative estimate of drug-likeness (QED) is 0.141. The number of benzene rings is 14. The topological polar surface area (TPSA) is 15.7 Å². The van der Waals surface area contributed by atoms with Gasteiger partial charge in [0.05, 0.1) is 5.41 Å². The molecule has 89 heavy (non-hydrogen) atoms. The predicted octanol–water partition coefficient (Wildman–Crippen LogP) is 24.3. The van der Waals surface area contributed by atoms with Crippen molar-refractivity contribution in [2.45, 2.75) is 65.2 Å². The van der Waals surface area contributed by atoms with Crippen LogP contribution in [-0.4, -0.2) is 0 Å². The maximum absolute atomic E-state index is 7.04. The Morgan fingerprint density at radius 3 is 1.18 bits per heavy atom. The maximum atomic E-state index is 7.04. The lowest BCUT2D eigenvalue weighted by Gasteiger charge is -2.40. The lowest BCUT2D eigenvalue weighted by Crippen LogP contribution is -2.32. The van der Waals surface area contributed by atoms with Gasteiger partial charge in [0.25, 0.3) is 0 Å². The van der Waals surface area contributed by atoms with Crippen molar-refractivity contribution in [3.8, 4) is 44.9 Å². The number of nitrogens with zero attached hydrogens (tertiary/aromatic N) is 2. The van der Waals surface area contributed by atoms with Crippen molar-refractivity contribution in [3.05, 3.63) is 325 Å². The Morgan fingerprint density at radius 1 is 0.292 bits per heavy atom. The van der Waals surface area contributed by atoms with Gasteiger partial charge in [0, 0.05) is 45.3 Å². The van der Waals surface area contributed by atoms with Gasteiger partial charge in [-0.05, 0) is 207 Å². The van der Waals surface area contributed by atoms with E-state index in [9.17, 15) is 0 Å². The average molecular weight is 1150 g/mol. The monoisotopic (exact) mass is 1150 g/mol. The number of fused-ring (bicyclic) bond motifs is 16. The molecule has 0 N–H and O–H groups in total. The van der Waals surface area contributed by atoms with Crippen molar-refractivity contribution in [2.75, 3.05) is 9.80 Å². The van der Waals surface area contributed by atoms with E-state index in [1.807, 2.05) is 0 Å². The number of rotatable bonds is 8. The molecule has 0 aromatic heterocycles. The van der Waals surface area contributed by atoms with Gasteiger partial charge in [-0.15, -0.1) is 0 Å². The molecule has 0 radical (unpaired) electrons. The summed E-state index contributed by atoms with van der Waals surface area (Å²) >= 11 is 0. The standard InChI is InChI=1S/C85H66N2O.CH4/c1-83(2,3)63-35-43-67(44-36-63)86(65-39-31-57(32-40-65)61-29-27-55-17-7-9-19-59(55)51-61)69-47-49-73-75(53-69)71-21-11-12-22-72(71)81-74-50-48-70(54-78(74)85(82(73)81)76-23-13-15-25-79(76)88-80-26-16-14-24-77(80)85)87(68-45-37-64(38-46-68)84(4,5)6)66-41-33-58(34-42-66)62-30-28-56-18-8-10-20-60(56)52-62;/h7-54H,1-6H3;1H4. The molecule has 0 fully saturated rings. The normalized spacial score (nSPS) is 12.9. The minimum atomic E-state index is -0.793. The molecule has 0 saturated carbocycles. The summed E-state index contributed by atoms with van der Waals surface area (Å²) in [5.41, 5.74) is 20.3. The van der Waals surface area contributed by atoms with Crippen LogP contribution < -0.4 is 14.5 Å². The van der Waals surface area contributed by atoms with Crippen LogP contribution in [0, 0.1) is 0 Å². The summed E-state index contributed by atoms with van der Waals surface area (Å²) in [5, 5.41) is 9.77. The molecule has 16 rings (SSSR count). The molecule has 3 heteroatoms. The molecule has 1 aliphatic heterocycles. The second-order valence-electron chi connectivity index (χ2n) is 26.1. The number of anilines is 6. The molecular weight excluding hydrogens is 1080 g/mol. The van der Waals surface area contributed by atoms with Gasteiger partial charge in [0.15, 0.2) is 0 Å². The molecule has 0 amide bonds. The summed E-state index contributed by atoms with van der Waals surface area (Å²) in [4.78, 5) is 4.88. The van der Waals surface area contributed by atoms with Crippen LogP contribution in [0.4, 0.5) is 34.1 Å². The van der Waals surface area contributed by atoms with Crippen molar-refractivity contribution in [3.63, 3.8) is 0 Å². The summed E-state index contributed by atoms with van der Waals surface area (Å²) in [7, 11) is 0. The zero-order valence-electron chi connectivity index (χ0n) is 50.5. The summed E-state index contributed by atoms with van der Waals surface area (Å²) in [6, 6.07) is 109. The van der Waals surface area contributed by atoms with Gasteiger partial charge in [0.1, 0.15) is 11.5 Å². The largest absolute Gasteiger partial charge is 0.457 e. The van der Waals surface area contributed by atoms with Crippen LogP contribution >= 0.6 is 0 Å². The van der Waals surface area contributed by atoms with Crippen LogP contribution in [0.2, 0.25) is 0 Å². The fourth-order valence-electron chi connectivity index (χ4n) is 14.3. The van der Waals surface area contributed by atoms with Gasteiger partial charge >= 0.3 is 0 Å². The van der Waals surface area contributed by atoms with Crippen LogP contribution in [0.15, 0.2) is 291 Å². The molecule has 1 spiro atoms.